The minimum absolute atomic E-state index is 0.347. The molecule has 0 saturated heterocycles. The standard InChI is InChI=1S/C24H40O/c1-5-12-24(25)15-14-23(4)18(16-24)7-9-19-20-10-8-17(6-2)22(20,3)13-11-21(19)23/h6,18-21,25H,5,7-16H2,1-4H3/b17-6-/t18-,19+,20+,21+,22-,23+,24-/m1/s1. The number of aliphatic hydroxyl groups is 1. The van der Waals surface area contributed by atoms with Gasteiger partial charge in [0.2, 0.25) is 0 Å². The Labute approximate surface area is 155 Å². The van der Waals surface area contributed by atoms with Gasteiger partial charge in [-0.25, -0.2) is 0 Å². The first-order chi connectivity index (χ1) is 11.9. The van der Waals surface area contributed by atoms with Crippen LogP contribution in [-0.2, 0) is 0 Å². The minimum Gasteiger partial charge on any atom is -0.390 e. The second-order valence-corrected chi connectivity index (χ2v) is 10.6. The number of allylic oxidation sites excluding steroid dienone is 2. The fourth-order valence-electron chi connectivity index (χ4n) is 8.34. The summed E-state index contributed by atoms with van der Waals surface area (Å²) < 4.78 is 0. The lowest BCUT2D eigenvalue weighted by Gasteiger charge is -2.61. The van der Waals surface area contributed by atoms with E-state index in [1.807, 2.05) is 0 Å². The predicted octanol–water partition coefficient (Wildman–Crippen LogP) is 6.51. The van der Waals surface area contributed by atoms with Gasteiger partial charge >= 0.3 is 0 Å². The average molecular weight is 345 g/mol. The summed E-state index contributed by atoms with van der Waals surface area (Å²) in [6.07, 6.45) is 16.5. The normalized spacial score (nSPS) is 54.0. The van der Waals surface area contributed by atoms with E-state index in [1.54, 1.807) is 5.57 Å². The van der Waals surface area contributed by atoms with Crippen molar-refractivity contribution >= 4 is 0 Å². The van der Waals surface area contributed by atoms with E-state index in [4.69, 9.17) is 0 Å². The van der Waals surface area contributed by atoms with E-state index < -0.39 is 0 Å². The summed E-state index contributed by atoms with van der Waals surface area (Å²) in [6.45, 7) is 9.70. The van der Waals surface area contributed by atoms with Crippen molar-refractivity contribution in [3.63, 3.8) is 0 Å². The van der Waals surface area contributed by atoms with Crippen LogP contribution in [0.3, 0.4) is 0 Å². The molecule has 0 radical (unpaired) electrons. The summed E-state index contributed by atoms with van der Waals surface area (Å²) in [5.41, 5.74) is 2.43. The van der Waals surface area contributed by atoms with Gasteiger partial charge in [0.25, 0.3) is 0 Å². The van der Waals surface area contributed by atoms with E-state index in [2.05, 4.69) is 33.8 Å². The van der Waals surface area contributed by atoms with Gasteiger partial charge in [-0.3, -0.25) is 0 Å². The second kappa shape index (κ2) is 6.11. The molecule has 0 bridgehead atoms. The Morgan fingerprint density at radius 3 is 2.56 bits per heavy atom. The van der Waals surface area contributed by atoms with Crippen molar-refractivity contribution in [3.8, 4) is 0 Å². The third-order valence-corrected chi connectivity index (χ3v) is 9.73. The summed E-state index contributed by atoms with van der Waals surface area (Å²) in [7, 11) is 0. The second-order valence-electron chi connectivity index (χ2n) is 10.6. The number of fused-ring (bicyclic) bond motifs is 5. The molecule has 4 saturated carbocycles. The Morgan fingerprint density at radius 2 is 1.84 bits per heavy atom. The molecule has 1 N–H and O–H groups in total. The van der Waals surface area contributed by atoms with Crippen LogP contribution in [0.5, 0.6) is 0 Å². The summed E-state index contributed by atoms with van der Waals surface area (Å²) in [5.74, 6) is 3.58. The Hall–Kier alpha value is -0.300. The Morgan fingerprint density at radius 1 is 1.04 bits per heavy atom. The maximum Gasteiger partial charge on any atom is 0.0650 e. The first-order valence-electron chi connectivity index (χ1n) is 11.2. The molecule has 0 spiro atoms. The third kappa shape index (κ3) is 2.59. The van der Waals surface area contributed by atoms with Crippen LogP contribution in [0.2, 0.25) is 0 Å². The summed E-state index contributed by atoms with van der Waals surface area (Å²) in [5, 5.41) is 11.1. The summed E-state index contributed by atoms with van der Waals surface area (Å²) in [6, 6.07) is 0. The van der Waals surface area contributed by atoms with E-state index in [9.17, 15) is 5.11 Å². The number of rotatable bonds is 2. The molecule has 1 nitrogen and oxygen atoms in total. The molecular formula is C24H40O. The highest BCUT2D eigenvalue weighted by Crippen LogP contribution is 2.68. The van der Waals surface area contributed by atoms with Gasteiger partial charge in [0.1, 0.15) is 0 Å². The van der Waals surface area contributed by atoms with E-state index in [0.29, 0.717) is 10.8 Å². The molecule has 142 valence electrons. The Bertz CT molecular complexity index is 550. The molecular weight excluding hydrogens is 304 g/mol. The van der Waals surface area contributed by atoms with Gasteiger partial charge in [-0.05, 0) is 106 Å². The zero-order valence-electron chi connectivity index (χ0n) is 17.1. The van der Waals surface area contributed by atoms with Crippen molar-refractivity contribution in [2.45, 2.75) is 104 Å². The predicted molar refractivity (Wildman–Crippen MR) is 105 cm³/mol. The van der Waals surface area contributed by atoms with Crippen molar-refractivity contribution < 1.29 is 5.11 Å². The molecule has 0 amide bonds. The fraction of sp³-hybridized carbons (Fsp3) is 0.917. The largest absolute Gasteiger partial charge is 0.390 e. The van der Waals surface area contributed by atoms with Gasteiger partial charge in [-0.15, -0.1) is 0 Å². The summed E-state index contributed by atoms with van der Waals surface area (Å²) >= 11 is 0. The molecule has 4 aliphatic carbocycles. The van der Waals surface area contributed by atoms with Gasteiger partial charge in [-0.1, -0.05) is 38.8 Å². The average Bonchev–Trinajstić information content (AvgIpc) is 2.92. The highest BCUT2D eigenvalue weighted by Gasteiger charge is 2.59. The molecule has 1 heteroatoms. The quantitative estimate of drug-likeness (QED) is 0.566. The van der Waals surface area contributed by atoms with E-state index in [0.717, 1.165) is 49.4 Å². The maximum atomic E-state index is 11.1. The molecule has 0 heterocycles. The first kappa shape index (κ1) is 18.1. The molecule has 0 aromatic heterocycles. The topological polar surface area (TPSA) is 20.2 Å². The van der Waals surface area contributed by atoms with Crippen LogP contribution in [-0.4, -0.2) is 10.7 Å². The minimum atomic E-state index is -0.347. The molecule has 25 heavy (non-hydrogen) atoms. The van der Waals surface area contributed by atoms with Crippen molar-refractivity contribution in [2.24, 2.45) is 34.5 Å². The highest BCUT2D eigenvalue weighted by atomic mass is 16.3. The molecule has 0 aliphatic heterocycles. The molecule has 0 unspecified atom stereocenters. The monoisotopic (exact) mass is 344 g/mol. The third-order valence-electron chi connectivity index (χ3n) is 9.73. The molecule has 7 atom stereocenters. The van der Waals surface area contributed by atoms with E-state index in [1.165, 1.54) is 44.9 Å². The van der Waals surface area contributed by atoms with Gasteiger partial charge in [0, 0.05) is 0 Å². The lowest BCUT2D eigenvalue weighted by molar-refractivity contribution is -0.146. The van der Waals surface area contributed by atoms with Crippen LogP contribution >= 0.6 is 0 Å². The molecule has 0 aromatic rings. The maximum absolute atomic E-state index is 11.1. The van der Waals surface area contributed by atoms with Gasteiger partial charge < -0.3 is 5.11 Å². The lowest BCUT2D eigenvalue weighted by Crippen LogP contribution is -2.55. The Kier molecular flexibility index (Phi) is 4.42. The van der Waals surface area contributed by atoms with E-state index in [-0.39, 0.29) is 5.60 Å². The van der Waals surface area contributed by atoms with Crippen LogP contribution in [0.1, 0.15) is 98.3 Å². The van der Waals surface area contributed by atoms with E-state index >= 15 is 0 Å². The molecule has 4 rings (SSSR count). The Balaban J connectivity index is 1.58. The van der Waals surface area contributed by atoms with Crippen LogP contribution < -0.4 is 0 Å². The smallest absolute Gasteiger partial charge is 0.0650 e. The van der Waals surface area contributed by atoms with Gasteiger partial charge in [0.15, 0.2) is 0 Å². The molecule has 0 aromatic carbocycles. The SMILES string of the molecule is C/C=C1/CC[C@H]2[C@@H]3CC[C@@H]4C[C@@](O)(CCC)CC[C@]4(C)[C@H]3CC[C@]12C. The zero-order valence-corrected chi connectivity index (χ0v) is 17.1. The van der Waals surface area contributed by atoms with Gasteiger partial charge in [0.05, 0.1) is 5.60 Å². The summed E-state index contributed by atoms with van der Waals surface area (Å²) in [4.78, 5) is 0. The van der Waals surface area contributed by atoms with Crippen molar-refractivity contribution in [3.05, 3.63) is 11.6 Å². The van der Waals surface area contributed by atoms with Crippen LogP contribution in [0.4, 0.5) is 0 Å². The highest BCUT2D eigenvalue weighted by molar-refractivity contribution is 5.23. The van der Waals surface area contributed by atoms with Crippen molar-refractivity contribution in [1.29, 1.82) is 0 Å². The van der Waals surface area contributed by atoms with Crippen molar-refractivity contribution in [2.75, 3.05) is 0 Å². The van der Waals surface area contributed by atoms with Crippen LogP contribution in [0, 0.1) is 34.5 Å². The van der Waals surface area contributed by atoms with Crippen molar-refractivity contribution in [1.82, 2.24) is 0 Å². The lowest BCUT2D eigenvalue weighted by atomic mass is 9.44. The van der Waals surface area contributed by atoms with Crippen LogP contribution in [0.15, 0.2) is 11.6 Å². The number of hydrogen-bond acceptors (Lipinski definition) is 1. The zero-order chi connectivity index (χ0) is 17.9. The van der Waals surface area contributed by atoms with Gasteiger partial charge in [-0.2, -0.15) is 0 Å². The van der Waals surface area contributed by atoms with Crippen LogP contribution in [0.25, 0.3) is 0 Å². The molecule has 4 fully saturated rings. The number of hydrogen-bond donors (Lipinski definition) is 1. The molecule has 4 aliphatic rings. The first-order valence-corrected chi connectivity index (χ1v) is 11.2. The fourth-order valence-corrected chi connectivity index (χ4v) is 8.34.